The maximum Gasteiger partial charge on any atom is 0.336 e. The molecular weight excluding hydrogens is 436 g/mol. The minimum Gasteiger partial charge on any atom is -0.431 e. The van der Waals surface area contributed by atoms with Gasteiger partial charge in [-0.15, -0.1) is 5.10 Å². The number of halogens is 1. The van der Waals surface area contributed by atoms with Gasteiger partial charge in [0, 0.05) is 28.4 Å². The van der Waals surface area contributed by atoms with Gasteiger partial charge in [-0.25, -0.2) is 14.5 Å². The molecular formula is C22H17ClN4O3S. The van der Waals surface area contributed by atoms with E-state index in [4.69, 9.17) is 20.4 Å². The van der Waals surface area contributed by atoms with E-state index in [1.165, 1.54) is 17.8 Å². The van der Waals surface area contributed by atoms with E-state index in [1.54, 1.807) is 22.9 Å². The number of aromatic nitrogens is 4. The summed E-state index contributed by atoms with van der Waals surface area (Å²) >= 11 is 7.43. The summed E-state index contributed by atoms with van der Waals surface area (Å²) in [6, 6.07) is 10.8. The Bertz CT molecular complexity index is 1490. The molecule has 7 nitrogen and oxygen atoms in total. The maximum atomic E-state index is 12.0. The fourth-order valence-corrected chi connectivity index (χ4v) is 4.51. The fraction of sp³-hybridized carbons (Fsp3) is 0.182. The van der Waals surface area contributed by atoms with Crippen LogP contribution in [0.15, 0.2) is 61.4 Å². The highest BCUT2D eigenvalue weighted by Gasteiger charge is 2.12. The number of hydrogen-bond donors (Lipinski definition) is 0. The zero-order chi connectivity index (χ0) is 21.5. The number of thioether (sulfide) groups is 1. The first kappa shape index (κ1) is 19.8. The Balaban J connectivity index is 1.35. The van der Waals surface area contributed by atoms with Gasteiger partial charge in [-0.2, -0.15) is 0 Å². The van der Waals surface area contributed by atoms with Crippen LogP contribution in [0.25, 0.3) is 22.1 Å². The van der Waals surface area contributed by atoms with Crippen LogP contribution in [0.3, 0.4) is 0 Å². The molecule has 3 aromatic heterocycles. The van der Waals surface area contributed by atoms with Crippen molar-refractivity contribution in [3.8, 4) is 0 Å². The summed E-state index contributed by atoms with van der Waals surface area (Å²) in [5.41, 5.74) is 5.36. The minimum absolute atomic E-state index is 0.376. The predicted octanol–water partition coefficient (Wildman–Crippen LogP) is 5.14. The van der Waals surface area contributed by atoms with Crippen LogP contribution >= 0.6 is 23.4 Å². The highest BCUT2D eigenvalue weighted by atomic mass is 35.5. The smallest absolute Gasteiger partial charge is 0.336 e. The number of benzene rings is 2. The molecule has 0 amide bonds. The SMILES string of the molecule is Cc1cc(C)c2c(Cn3cc(CSc4nc5cc(Cl)ccc5o4)nn3)cc(=O)oc2c1. The molecule has 156 valence electrons. The van der Waals surface area contributed by atoms with Crippen molar-refractivity contribution in [2.24, 2.45) is 0 Å². The van der Waals surface area contributed by atoms with E-state index in [0.29, 0.717) is 33.7 Å². The molecule has 0 atom stereocenters. The molecule has 0 unspecified atom stereocenters. The van der Waals surface area contributed by atoms with E-state index in [1.807, 2.05) is 26.1 Å². The summed E-state index contributed by atoms with van der Waals surface area (Å²) in [5.74, 6) is 0.552. The van der Waals surface area contributed by atoms with Gasteiger partial charge in [0.15, 0.2) is 5.58 Å². The maximum absolute atomic E-state index is 12.0. The van der Waals surface area contributed by atoms with Gasteiger partial charge in [-0.3, -0.25) is 0 Å². The molecule has 0 spiro atoms. The first-order chi connectivity index (χ1) is 14.9. The van der Waals surface area contributed by atoms with Crippen molar-refractivity contribution in [2.45, 2.75) is 31.4 Å². The number of oxazole rings is 1. The summed E-state index contributed by atoms with van der Waals surface area (Å²) in [6.07, 6.45) is 1.86. The molecule has 0 aliphatic rings. The summed E-state index contributed by atoms with van der Waals surface area (Å²) in [7, 11) is 0. The summed E-state index contributed by atoms with van der Waals surface area (Å²) in [4.78, 5) is 16.5. The molecule has 9 heteroatoms. The van der Waals surface area contributed by atoms with E-state index in [9.17, 15) is 4.79 Å². The lowest BCUT2D eigenvalue weighted by Crippen LogP contribution is -2.07. The molecule has 3 heterocycles. The number of aryl methyl sites for hydroxylation is 2. The zero-order valence-corrected chi connectivity index (χ0v) is 18.3. The van der Waals surface area contributed by atoms with Crippen LogP contribution < -0.4 is 5.63 Å². The highest BCUT2D eigenvalue weighted by Crippen LogP contribution is 2.28. The second kappa shape index (κ2) is 7.86. The number of rotatable bonds is 5. The molecule has 0 fully saturated rings. The molecule has 0 aliphatic heterocycles. The monoisotopic (exact) mass is 452 g/mol. The van der Waals surface area contributed by atoms with E-state index < -0.39 is 0 Å². The second-order valence-corrected chi connectivity index (χ2v) is 8.70. The fourth-order valence-electron chi connectivity index (χ4n) is 3.63. The molecule has 5 aromatic rings. The third-order valence-corrected chi connectivity index (χ3v) is 5.96. The normalized spacial score (nSPS) is 11.6. The summed E-state index contributed by atoms with van der Waals surface area (Å²) < 4.78 is 12.8. The van der Waals surface area contributed by atoms with E-state index in [2.05, 4.69) is 21.4 Å². The van der Waals surface area contributed by atoms with Crippen LogP contribution in [0.1, 0.15) is 22.4 Å². The minimum atomic E-state index is -0.376. The Morgan fingerprint density at radius 2 is 1.97 bits per heavy atom. The Hall–Kier alpha value is -3.10. The lowest BCUT2D eigenvalue weighted by Gasteiger charge is -2.09. The molecule has 0 N–H and O–H groups in total. The second-order valence-electron chi connectivity index (χ2n) is 7.33. The number of nitrogens with zero attached hydrogens (tertiary/aromatic N) is 4. The molecule has 2 aromatic carbocycles. The van der Waals surface area contributed by atoms with Gasteiger partial charge in [0.2, 0.25) is 0 Å². The zero-order valence-electron chi connectivity index (χ0n) is 16.8. The van der Waals surface area contributed by atoms with Crippen LogP contribution in [0.4, 0.5) is 0 Å². The van der Waals surface area contributed by atoms with Crippen LogP contribution in [-0.4, -0.2) is 20.0 Å². The van der Waals surface area contributed by atoms with Crippen LogP contribution in [0.5, 0.6) is 0 Å². The van der Waals surface area contributed by atoms with E-state index >= 15 is 0 Å². The predicted molar refractivity (Wildman–Crippen MR) is 120 cm³/mol. The summed E-state index contributed by atoms with van der Waals surface area (Å²) in [6.45, 7) is 4.41. The summed E-state index contributed by atoms with van der Waals surface area (Å²) in [5, 5.41) is 10.5. The third kappa shape index (κ3) is 4.08. The average molecular weight is 453 g/mol. The molecule has 0 aliphatic carbocycles. The van der Waals surface area contributed by atoms with Crippen molar-refractivity contribution in [3.63, 3.8) is 0 Å². The topological polar surface area (TPSA) is 87.0 Å². The van der Waals surface area contributed by atoms with Crippen LogP contribution in [0.2, 0.25) is 5.02 Å². The Morgan fingerprint density at radius 3 is 2.84 bits per heavy atom. The first-order valence-electron chi connectivity index (χ1n) is 9.56. The molecule has 31 heavy (non-hydrogen) atoms. The van der Waals surface area contributed by atoms with Crippen molar-refractivity contribution < 1.29 is 8.83 Å². The Kier molecular flexibility index (Phi) is 5.03. The van der Waals surface area contributed by atoms with Gasteiger partial charge in [-0.05, 0) is 54.8 Å². The van der Waals surface area contributed by atoms with Crippen molar-refractivity contribution in [2.75, 3.05) is 0 Å². The number of hydrogen-bond acceptors (Lipinski definition) is 7. The quantitative estimate of drug-likeness (QED) is 0.269. The van der Waals surface area contributed by atoms with Crippen LogP contribution in [0, 0.1) is 13.8 Å². The van der Waals surface area contributed by atoms with Crippen LogP contribution in [-0.2, 0) is 12.3 Å². The molecule has 0 saturated heterocycles. The van der Waals surface area contributed by atoms with Crippen molar-refractivity contribution in [1.82, 2.24) is 20.0 Å². The van der Waals surface area contributed by atoms with Gasteiger partial charge in [0.1, 0.15) is 11.1 Å². The van der Waals surface area contributed by atoms with E-state index in [-0.39, 0.29) is 5.63 Å². The van der Waals surface area contributed by atoms with Crippen molar-refractivity contribution >= 4 is 45.4 Å². The van der Waals surface area contributed by atoms with Gasteiger partial charge < -0.3 is 8.83 Å². The molecule has 0 saturated carbocycles. The van der Waals surface area contributed by atoms with E-state index in [0.717, 1.165) is 33.3 Å². The Morgan fingerprint density at radius 1 is 1.10 bits per heavy atom. The first-order valence-corrected chi connectivity index (χ1v) is 10.9. The lowest BCUT2D eigenvalue weighted by molar-refractivity contribution is 0.489. The largest absolute Gasteiger partial charge is 0.431 e. The van der Waals surface area contributed by atoms with Gasteiger partial charge in [0.25, 0.3) is 5.22 Å². The molecule has 0 radical (unpaired) electrons. The highest BCUT2D eigenvalue weighted by molar-refractivity contribution is 7.98. The molecule has 0 bridgehead atoms. The van der Waals surface area contributed by atoms with Gasteiger partial charge in [-0.1, -0.05) is 34.6 Å². The third-order valence-electron chi connectivity index (χ3n) is 4.86. The van der Waals surface area contributed by atoms with Crippen molar-refractivity contribution in [1.29, 1.82) is 0 Å². The molecule has 5 rings (SSSR count). The number of fused-ring (bicyclic) bond motifs is 2. The van der Waals surface area contributed by atoms with Crippen molar-refractivity contribution in [3.05, 3.63) is 80.4 Å². The van der Waals surface area contributed by atoms with Gasteiger partial charge >= 0.3 is 5.63 Å². The standard InChI is InChI=1S/C22H17ClN4O3S/c1-12-5-13(2)21-14(7-20(28)29-19(21)6-12)9-27-10-16(25-26-27)11-31-22-24-17-8-15(23)3-4-18(17)30-22/h3-8,10H,9,11H2,1-2H3. The van der Waals surface area contributed by atoms with Gasteiger partial charge in [0.05, 0.1) is 12.2 Å². The average Bonchev–Trinajstić information content (AvgIpc) is 3.31. The lowest BCUT2D eigenvalue weighted by atomic mass is 10.0. The Labute approximate surface area is 186 Å².